The van der Waals surface area contributed by atoms with E-state index in [-0.39, 0.29) is 22.3 Å². The van der Waals surface area contributed by atoms with Crippen molar-refractivity contribution in [1.29, 1.82) is 0 Å². The molecule has 0 amide bonds. The Labute approximate surface area is 337 Å². The number of benzene rings is 2. The molecule has 0 spiro atoms. The molecule has 3 aliphatic rings. The van der Waals surface area contributed by atoms with Gasteiger partial charge in [0, 0.05) is 91.4 Å². The Morgan fingerprint density at radius 1 is 0.804 bits per heavy atom. The third-order valence-electron chi connectivity index (χ3n) is 12.0. The molecule has 6 nitrogen and oxygen atoms in total. The van der Waals surface area contributed by atoms with Gasteiger partial charge in [-0.15, -0.1) is 0 Å². The molecule has 3 heterocycles. The summed E-state index contributed by atoms with van der Waals surface area (Å²) < 4.78 is 23.0. The van der Waals surface area contributed by atoms with Gasteiger partial charge in [0.05, 0.1) is 12.0 Å². The van der Waals surface area contributed by atoms with Crippen LogP contribution >= 0.6 is 0 Å². The van der Waals surface area contributed by atoms with Gasteiger partial charge in [0.25, 0.3) is 0 Å². The Hall–Kier alpha value is -4.26. The number of hydrogen-bond donors (Lipinski definition) is 0. The van der Waals surface area contributed by atoms with Crippen molar-refractivity contribution in [2.75, 3.05) is 45.4 Å². The first-order chi connectivity index (χ1) is 26.6. The standard InChI is InChI=1S/C50H67N3O3/c1-35-15-21-42-40(33-35)49(6,7)44(52(42)27-13-31-54-11)23-19-37-17-18-38(46(37)56-47(48(3,4)5)39-25-29-51(10)30-26-39)20-24-45-50(8,9)41-34-36(2)16-22-43(41)53(45)28-14-32-55-12/h15-16,19-26,29-30,33-34,47H,13-14,17-18,27-28,31-32H2,1-12H3/q+2. The van der Waals surface area contributed by atoms with Crippen LogP contribution in [0.1, 0.15) is 108 Å². The third-order valence-corrected chi connectivity index (χ3v) is 12.0. The van der Waals surface area contributed by atoms with Crippen molar-refractivity contribution >= 4 is 17.1 Å². The zero-order valence-electron chi connectivity index (χ0n) is 36.4. The molecule has 1 aliphatic carbocycles. The number of aromatic nitrogens is 1. The van der Waals surface area contributed by atoms with Gasteiger partial charge in [-0.1, -0.05) is 70.0 Å². The molecule has 0 bridgehead atoms. The lowest BCUT2D eigenvalue weighted by molar-refractivity contribution is -0.671. The SMILES string of the molecule is COCCCN1/C(=C/C=C2\CCC(/C=C/C3=[N+](CCCOC)c4ccc(C)cc4C3(C)C)=C2OC(c2cc[n+](C)cc2)C(C)(C)C)C(C)(C)c2cc(C)ccc21. The lowest BCUT2D eigenvalue weighted by Crippen LogP contribution is -2.28. The number of methoxy groups -OCH3 is 2. The van der Waals surface area contributed by atoms with E-state index in [1.165, 1.54) is 61.7 Å². The number of pyridine rings is 1. The quantitative estimate of drug-likeness (QED) is 0.121. The number of ether oxygens (including phenoxy) is 3. The summed E-state index contributed by atoms with van der Waals surface area (Å²) in [6.45, 7) is 24.0. The number of rotatable bonds is 14. The monoisotopic (exact) mass is 758 g/mol. The minimum Gasteiger partial charge on any atom is -0.485 e. The molecule has 298 valence electrons. The van der Waals surface area contributed by atoms with Gasteiger partial charge in [0.15, 0.2) is 24.7 Å². The van der Waals surface area contributed by atoms with Crippen molar-refractivity contribution in [2.45, 2.75) is 105 Å². The van der Waals surface area contributed by atoms with Crippen molar-refractivity contribution in [1.82, 2.24) is 0 Å². The summed E-state index contributed by atoms with van der Waals surface area (Å²) in [5, 5.41) is 0. The summed E-state index contributed by atoms with van der Waals surface area (Å²) in [4.78, 5) is 2.52. The second-order valence-corrected chi connectivity index (χ2v) is 18.3. The van der Waals surface area contributed by atoms with Crippen LogP contribution in [0.3, 0.4) is 0 Å². The Balaban J connectivity index is 1.47. The van der Waals surface area contributed by atoms with E-state index in [0.29, 0.717) is 0 Å². The van der Waals surface area contributed by atoms with Crippen LogP contribution in [-0.2, 0) is 32.1 Å². The molecule has 3 aromatic rings. The number of allylic oxidation sites excluding steroid dienone is 7. The smallest absolute Gasteiger partial charge is 0.209 e. The summed E-state index contributed by atoms with van der Waals surface area (Å²) in [7, 11) is 5.64. The van der Waals surface area contributed by atoms with Gasteiger partial charge in [-0.25, -0.2) is 4.57 Å². The predicted molar refractivity (Wildman–Crippen MR) is 231 cm³/mol. The Morgan fingerprint density at radius 3 is 2.14 bits per heavy atom. The number of fused-ring (bicyclic) bond motifs is 2. The van der Waals surface area contributed by atoms with E-state index in [1.54, 1.807) is 14.2 Å². The second kappa shape index (κ2) is 16.7. The highest BCUT2D eigenvalue weighted by Crippen LogP contribution is 2.49. The maximum absolute atomic E-state index is 7.38. The summed E-state index contributed by atoms with van der Waals surface area (Å²) in [5.74, 6) is 1.01. The highest BCUT2D eigenvalue weighted by Gasteiger charge is 2.44. The Kier molecular flexibility index (Phi) is 12.3. The first-order valence-electron chi connectivity index (χ1n) is 20.7. The van der Waals surface area contributed by atoms with Crippen molar-refractivity contribution in [3.8, 4) is 0 Å². The highest BCUT2D eigenvalue weighted by atomic mass is 16.5. The summed E-state index contributed by atoms with van der Waals surface area (Å²) in [5.41, 5.74) is 13.8. The molecular weight excluding hydrogens is 691 g/mol. The number of nitrogens with zero attached hydrogens (tertiary/aromatic N) is 3. The number of anilines is 1. The number of aryl methyl sites for hydroxylation is 3. The minimum atomic E-state index is -0.143. The van der Waals surface area contributed by atoms with Crippen LogP contribution in [0.15, 0.2) is 108 Å². The maximum Gasteiger partial charge on any atom is 0.209 e. The van der Waals surface area contributed by atoms with Gasteiger partial charge in [-0.2, -0.15) is 4.58 Å². The van der Waals surface area contributed by atoms with Crippen LogP contribution in [0.4, 0.5) is 11.4 Å². The molecule has 1 unspecified atom stereocenters. The van der Waals surface area contributed by atoms with Crippen molar-refractivity contribution in [2.24, 2.45) is 12.5 Å². The van der Waals surface area contributed by atoms with Crippen molar-refractivity contribution in [3.63, 3.8) is 0 Å². The molecule has 0 N–H and O–H groups in total. The van der Waals surface area contributed by atoms with Crippen LogP contribution in [0.5, 0.6) is 0 Å². The average Bonchev–Trinajstić information content (AvgIpc) is 3.69. The zero-order chi connectivity index (χ0) is 40.4. The van der Waals surface area contributed by atoms with E-state index in [1.807, 2.05) is 0 Å². The van der Waals surface area contributed by atoms with Gasteiger partial charge in [-0.05, 0) is 88.0 Å². The Bertz CT molecular complexity index is 2070. The highest BCUT2D eigenvalue weighted by molar-refractivity contribution is 6.03. The third kappa shape index (κ3) is 8.38. The van der Waals surface area contributed by atoms with Crippen LogP contribution in [0.2, 0.25) is 0 Å². The molecule has 56 heavy (non-hydrogen) atoms. The summed E-state index contributed by atoms with van der Waals surface area (Å²) >= 11 is 0. The average molecular weight is 758 g/mol. The molecule has 1 atom stereocenters. The minimum absolute atomic E-state index is 0.134. The second-order valence-electron chi connectivity index (χ2n) is 18.3. The van der Waals surface area contributed by atoms with Crippen LogP contribution in [0, 0.1) is 19.3 Å². The van der Waals surface area contributed by atoms with E-state index in [9.17, 15) is 0 Å². The maximum atomic E-state index is 7.38. The fourth-order valence-corrected chi connectivity index (χ4v) is 8.88. The Morgan fingerprint density at radius 2 is 1.46 bits per heavy atom. The fourth-order valence-electron chi connectivity index (χ4n) is 8.88. The van der Waals surface area contributed by atoms with Crippen molar-refractivity contribution < 1.29 is 23.4 Å². The molecule has 6 heteroatoms. The molecule has 0 saturated carbocycles. The van der Waals surface area contributed by atoms with Gasteiger partial charge >= 0.3 is 0 Å². The summed E-state index contributed by atoms with van der Waals surface area (Å²) in [6, 6.07) is 18.2. The van der Waals surface area contributed by atoms with E-state index in [2.05, 4.69) is 169 Å². The summed E-state index contributed by atoms with van der Waals surface area (Å²) in [6.07, 6.45) is 17.4. The largest absolute Gasteiger partial charge is 0.485 e. The topological polar surface area (TPSA) is 37.8 Å². The van der Waals surface area contributed by atoms with Crippen molar-refractivity contribution in [3.05, 3.63) is 136 Å². The van der Waals surface area contributed by atoms with Crippen LogP contribution in [0.25, 0.3) is 0 Å². The predicted octanol–water partition coefficient (Wildman–Crippen LogP) is 10.6. The van der Waals surface area contributed by atoms with E-state index in [0.717, 1.165) is 57.7 Å². The molecule has 2 aromatic carbocycles. The van der Waals surface area contributed by atoms with E-state index >= 15 is 0 Å². The number of hydrogen-bond acceptors (Lipinski definition) is 4. The fraction of sp³-hybridized carbons (Fsp3) is 0.480. The lowest BCUT2D eigenvalue weighted by Gasteiger charge is -2.32. The zero-order valence-corrected chi connectivity index (χ0v) is 36.4. The van der Waals surface area contributed by atoms with Gasteiger partial charge in [0.2, 0.25) is 5.69 Å². The van der Waals surface area contributed by atoms with Gasteiger partial charge < -0.3 is 19.1 Å². The van der Waals surface area contributed by atoms with E-state index in [4.69, 9.17) is 14.2 Å². The van der Waals surface area contributed by atoms with Crippen LogP contribution in [-0.4, -0.2) is 50.8 Å². The first kappa shape index (κ1) is 41.4. The molecular formula is C50H67N3O3+2. The molecule has 0 saturated heterocycles. The normalized spacial score (nSPS) is 19.5. The van der Waals surface area contributed by atoms with E-state index < -0.39 is 0 Å². The lowest BCUT2D eigenvalue weighted by atomic mass is 9.80. The molecule has 6 rings (SSSR count). The molecule has 2 aliphatic heterocycles. The molecule has 0 fully saturated rings. The van der Waals surface area contributed by atoms with Gasteiger partial charge in [0.1, 0.15) is 18.9 Å². The molecule has 0 radical (unpaired) electrons. The first-order valence-corrected chi connectivity index (χ1v) is 20.7. The molecule has 1 aromatic heterocycles. The van der Waals surface area contributed by atoms with Crippen LogP contribution < -0.4 is 9.47 Å². The van der Waals surface area contributed by atoms with Gasteiger partial charge in [-0.3, -0.25) is 0 Å².